The average Bonchev–Trinajstić information content (AvgIpc) is 2.56. The second-order valence-corrected chi connectivity index (χ2v) is 4.87. The summed E-state index contributed by atoms with van der Waals surface area (Å²) in [7, 11) is 0. The molecule has 8 nitrogen and oxygen atoms in total. The van der Waals surface area contributed by atoms with Crippen molar-refractivity contribution in [2.45, 2.75) is 25.7 Å². The van der Waals surface area contributed by atoms with E-state index in [1.54, 1.807) is 17.0 Å². The fourth-order valence-electron chi connectivity index (χ4n) is 1.98. The first-order valence-corrected chi connectivity index (χ1v) is 7.25. The number of hydrogen-bond acceptors (Lipinski definition) is 7. The molecule has 22 heavy (non-hydrogen) atoms. The third-order valence-electron chi connectivity index (χ3n) is 3.19. The Hall–Kier alpha value is -1.74. The molecular weight excluding hydrogens is 292 g/mol. The van der Waals surface area contributed by atoms with Crippen LogP contribution in [0.2, 0.25) is 0 Å². The number of nitro groups is 1. The van der Waals surface area contributed by atoms with Crippen LogP contribution in [0.15, 0.2) is 24.3 Å². The minimum atomic E-state index is -0.446. The van der Waals surface area contributed by atoms with Crippen molar-refractivity contribution in [1.82, 2.24) is 0 Å². The number of nitrogens with zero attached hydrogens (tertiary/aromatic N) is 2. The van der Waals surface area contributed by atoms with E-state index in [-0.39, 0.29) is 19.1 Å². The molecule has 0 atom stereocenters. The summed E-state index contributed by atoms with van der Waals surface area (Å²) in [5.74, 6) is 0. The van der Waals surface area contributed by atoms with E-state index in [0.29, 0.717) is 18.9 Å². The molecule has 1 aromatic rings. The number of nitro benzene ring substituents is 1. The topological polar surface area (TPSA) is 83.3 Å². The molecule has 0 N–H and O–H groups in total. The summed E-state index contributed by atoms with van der Waals surface area (Å²) >= 11 is 0. The van der Waals surface area contributed by atoms with Gasteiger partial charge in [0.1, 0.15) is 0 Å². The lowest BCUT2D eigenvalue weighted by atomic mass is 10.2. The van der Waals surface area contributed by atoms with Crippen molar-refractivity contribution in [3.63, 3.8) is 0 Å². The fraction of sp³-hybridized carbons (Fsp3) is 0.571. The molecule has 1 aliphatic rings. The summed E-state index contributed by atoms with van der Waals surface area (Å²) < 4.78 is 0. The average molecular weight is 312 g/mol. The smallest absolute Gasteiger partial charge is 0.271 e. The lowest BCUT2D eigenvalue weighted by Gasteiger charge is -2.22. The van der Waals surface area contributed by atoms with E-state index in [1.165, 1.54) is 12.1 Å². The van der Waals surface area contributed by atoms with Crippen molar-refractivity contribution in [3.05, 3.63) is 34.4 Å². The molecule has 1 saturated heterocycles. The van der Waals surface area contributed by atoms with Gasteiger partial charge in [-0.15, -0.1) is 0 Å². The summed E-state index contributed by atoms with van der Waals surface area (Å²) in [6, 6.07) is 6.22. The van der Waals surface area contributed by atoms with E-state index in [4.69, 9.17) is 19.6 Å². The summed E-state index contributed by atoms with van der Waals surface area (Å²) in [5, 5.41) is 10.9. The first-order chi connectivity index (χ1) is 10.8. The molecule has 1 heterocycles. The van der Waals surface area contributed by atoms with Gasteiger partial charge in [-0.3, -0.25) is 10.1 Å². The number of hydrogen-bond donors (Lipinski definition) is 0. The van der Waals surface area contributed by atoms with E-state index in [9.17, 15) is 10.1 Å². The van der Waals surface area contributed by atoms with Gasteiger partial charge in [0.2, 0.25) is 0 Å². The zero-order chi connectivity index (χ0) is 15.6. The third kappa shape index (κ3) is 5.57. The van der Waals surface area contributed by atoms with Crippen LogP contribution in [0.5, 0.6) is 0 Å². The molecule has 8 heteroatoms. The minimum Gasteiger partial charge on any atom is -0.319 e. The summed E-state index contributed by atoms with van der Waals surface area (Å²) in [6.45, 7) is 1.21. The Balaban J connectivity index is 2.00. The van der Waals surface area contributed by atoms with Crippen LogP contribution in [0.3, 0.4) is 0 Å². The van der Waals surface area contributed by atoms with Gasteiger partial charge in [-0.2, -0.15) is 0 Å². The zero-order valence-electron chi connectivity index (χ0n) is 12.3. The van der Waals surface area contributed by atoms with Crippen molar-refractivity contribution in [2.75, 3.05) is 31.6 Å². The second-order valence-electron chi connectivity index (χ2n) is 4.87. The molecule has 0 aliphatic carbocycles. The Labute approximate surface area is 128 Å². The lowest BCUT2D eigenvalue weighted by molar-refractivity contribution is -0.384. The SMILES string of the molecule is O=[N+]([O-])c1cccc(N2COOCCCCCCOOC2)c1. The molecule has 0 unspecified atom stereocenters. The van der Waals surface area contributed by atoms with Crippen LogP contribution < -0.4 is 4.90 Å². The van der Waals surface area contributed by atoms with Crippen LogP contribution in [0.4, 0.5) is 11.4 Å². The fourth-order valence-corrected chi connectivity index (χ4v) is 1.98. The summed E-state index contributed by atoms with van der Waals surface area (Å²) in [5.41, 5.74) is 0.596. The third-order valence-corrected chi connectivity index (χ3v) is 3.19. The van der Waals surface area contributed by atoms with Gasteiger partial charge in [-0.05, 0) is 18.9 Å². The maximum absolute atomic E-state index is 10.9. The van der Waals surface area contributed by atoms with Crippen LogP contribution in [0.25, 0.3) is 0 Å². The molecule has 0 radical (unpaired) electrons. The van der Waals surface area contributed by atoms with E-state index in [2.05, 4.69) is 0 Å². The van der Waals surface area contributed by atoms with Gasteiger partial charge in [0.15, 0.2) is 13.5 Å². The molecule has 1 aromatic carbocycles. The number of anilines is 1. The second kappa shape index (κ2) is 9.31. The normalized spacial score (nSPS) is 18.8. The van der Waals surface area contributed by atoms with Gasteiger partial charge in [0, 0.05) is 17.8 Å². The maximum Gasteiger partial charge on any atom is 0.271 e. The van der Waals surface area contributed by atoms with Gasteiger partial charge in [-0.1, -0.05) is 18.9 Å². The summed E-state index contributed by atoms with van der Waals surface area (Å²) in [4.78, 5) is 32.5. The highest BCUT2D eigenvalue weighted by Crippen LogP contribution is 2.21. The van der Waals surface area contributed by atoms with Gasteiger partial charge in [0.05, 0.1) is 18.1 Å². The Bertz CT molecular complexity index is 456. The van der Waals surface area contributed by atoms with Crippen molar-refractivity contribution >= 4 is 11.4 Å². The monoisotopic (exact) mass is 312 g/mol. The molecule has 0 bridgehead atoms. The predicted molar refractivity (Wildman–Crippen MR) is 77.9 cm³/mol. The Morgan fingerprint density at radius 1 is 0.955 bits per heavy atom. The van der Waals surface area contributed by atoms with Gasteiger partial charge >= 0.3 is 0 Å². The standard InChI is InChI=1S/C14H20N2O6/c17-16(18)14-7-5-6-13(10-14)15-11-21-19-8-3-1-2-4-9-20-22-12-15/h5-7,10H,1-4,8-9,11-12H2. The summed E-state index contributed by atoms with van der Waals surface area (Å²) in [6.07, 6.45) is 3.91. The van der Waals surface area contributed by atoms with Crippen LogP contribution in [-0.2, 0) is 19.6 Å². The Morgan fingerprint density at radius 2 is 1.59 bits per heavy atom. The number of non-ortho nitro benzene ring substituents is 1. The maximum atomic E-state index is 10.9. The van der Waals surface area contributed by atoms with Crippen LogP contribution >= 0.6 is 0 Å². The molecule has 0 aromatic heterocycles. The molecule has 1 fully saturated rings. The van der Waals surface area contributed by atoms with Crippen molar-refractivity contribution in [3.8, 4) is 0 Å². The molecule has 0 spiro atoms. The number of rotatable bonds is 2. The van der Waals surface area contributed by atoms with Crippen molar-refractivity contribution in [1.29, 1.82) is 0 Å². The molecule has 122 valence electrons. The van der Waals surface area contributed by atoms with E-state index >= 15 is 0 Å². The van der Waals surface area contributed by atoms with Gasteiger partial charge < -0.3 is 4.90 Å². The highest BCUT2D eigenvalue weighted by Gasteiger charge is 2.13. The molecule has 0 amide bonds. The molecule has 0 saturated carbocycles. The highest BCUT2D eigenvalue weighted by molar-refractivity contribution is 5.52. The highest BCUT2D eigenvalue weighted by atomic mass is 17.2. The van der Waals surface area contributed by atoms with Crippen LogP contribution in [0, 0.1) is 10.1 Å². The lowest BCUT2D eigenvalue weighted by Crippen LogP contribution is -2.29. The van der Waals surface area contributed by atoms with Crippen LogP contribution in [-0.4, -0.2) is 31.6 Å². The minimum absolute atomic E-state index is 0.00209. The van der Waals surface area contributed by atoms with Crippen molar-refractivity contribution < 1.29 is 24.5 Å². The predicted octanol–water partition coefficient (Wildman–Crippen LogP) is 2.79. The van der Waals surface area contributed by atoms with E-state index < -0.39 is 4.92 Å². The van der Waals surface area contributed by atoms with E-state index in [1.807, 2.05) is 0 Å². The Morgan fingerprint density at radius 3 is 2.18 bits per heavy atom. The van der Waals surface area contributed by atoms with Gasteiger partial charge in [0.25, 0.3) is 5.69 Å². The molecule has 2 rings (SSSR count). The number of benzene rings is 1. The van der Waals surface area contributed by atoms with Crippen molar-refractivity contribution in [2.24, 2.45) is 0 Å². The molecule has 1 aliphatic heterocycles. The zero-order valence-corrected chi connectivity index (χ0v) is 12.3. The Kier molecular flexibility index (Phi) is 7.04. The largest absolute Gasteiger partial charge is 0.319 e. The van der Waals surface area contributed by atoms with E-state index in [0.717, 1.165) is 25.7 Å². The quantitative estimate of drug-likeness (QED) is 0.471. The first kappa shape index (κ1) is 16.6. The van der Waals surface area contributed by atoms with Crippen LogP contribution in [0.1, 0.15) is 25.7 Å². The molecular formula is C14H20N2O6. The first-order valence-electron chi connectivity index (χ1n) is 7.25. The van der Waals surface area contributed by atoms with Gasteiger partial charge in [-0.25, -0.2) is 19.6 Å².